The molecule has 162 valence electrons. The lowest BCUT2D eigenvalue weighted by atomic mass is 10.1. The van der Waals surface area contributed by atoms with E-state index in [9.17, 15) is 19.2 Å². The molecule has 2 aromatic rings. The third-order valence-electron chi connectivity index (χ3n) is 4.11. The Kier molecular flexibility index (Phi) is 8.05. The van der Waals surface area contributed by atoms with Gasteiger partial charge in [0.05, 0.1) is 18.7 Å². The van der Waals surface area contributed by atoms with E-state index >= 15 is 0 Å². The van der Waals surface area contributed by atoms with Crippen molar-refractivity contribution < 1.29 is 24.3 Å². The first-order chi connectivity index (χ1) is 14.3. The summed E-state index contributed by atoms with van der Waals surface area (Å²) in [5, 5.41) is 15.8. The van der Waals surface area contributed by atoms with Crippen LogP contribution in [0.2, 0.25) is 0 Å². The highest BCUT2D eigenvalue weighted by Crippen LogP contribution is 2.02. The molecule has 0 aliphatic rings. The van der Waals surface area contributed by atoms with E-state index in [1.807, 2.05) is 0 Å². The molecule has 0 aliphatic heterocycles. The maximum Gasteiger partial charge on any atom is 0.322 e. The quantitative estimate of drug-likeness (QED) is 0.205. The number of rotatable bonds is 11. The molecule has 8 N–H and O–H groups in total. The van der Waals surface area contributed by atoms with E-state index in [1.54, 1.807) is 6.20 Å². The van der Waals surface area contributed by atoms with Crippen LogP contribution < -0.4 is 21.7 Å². The number of carboxylic acids is 1. The third-order valence-corrected chi connectivity index (χ3v) is 4.11. The highest BCUT2D eigenvalue weighted by atomic mass is 16.4. The topological polar surface area (TPSA) is 208 Å². The lowest BCUT2D eigenvalue weighted by Gasteiger charge is -2.22. The molecule has 3 amide bonds. The number of hydrogen-bond acceptors (Lipinski definition) is 7. The molecule has 30 heavy (non-hydrogen) atoms. The molecule has 0 bridgehead atoms. The lowest BCUT2D eigenvalue weighted by molar-refractivity contribution is -0.138. The summed E-state index contributed by atoms with van der Waals surface area (Å²) in [6.07, 6.45) is 6.21. The maximum absolute atomic E-state index is 12.7. The Morgan fingerprint density at radius 2 is 1.60 bits per heavy atom. The van der Waals surface area contributed by atoms with Gasteiger partial charge in [-0.15, -0.1) is 0 Å². The Morgan fingerprint density at radius 3 is 2.13 bits per heavy atom. The molecule has 13 heteroatoms. The molecule has 2 rings (SSSR count). The number of carbonyl (C=O) groups is 4. The van der Waals surface area contributed by atoms with Gasteiger partial charge in [0.2, 0.25) is 17.7 Å². The minimum atomic E-state index is -1.21. The predicted octanol–water partition coefficient (Wildman–Crippen LogP) is -2.56. The van der Waals surface area contributed by atoms with E-state index in [2.05, 4.69) is 35.9 Å². The van der Waals surface area contributed by atoms with Gasteiger partial charge in [-0.05, 0) is 6.92 Å². The zero-order valence-corrected chi connectivity index (χ0v) is 16.2. The van der Waals surface area contributed by atoms with Gasteiger partial charge >= 0.3 is 5.97 Å². The van der Waals surface area contributed by atoms with Crippen molar-refractivity contribution in [2.45, 2.75) is 37.9 Å². The number of imidazole rings is 2. The van der Waals surface area contributed by atoms with Crippen LogP contribution in [0.15, 0.2) is 25.0 Å². The minimum absolute atomic E-state index is 0.0812. The van der Waals surface area contributed by atoms with E-state index in [4.69, 9.17) is 10.8 Å². The van der Waals surface area contributed by atoms with E-state index in [1.165, 1.54) is 25.8 Å². The molecular formula is C17H24N8O5. The molecule has 3 unspecified atom stereocenters. The van der Waals surface area contributed by atoms with Crippen LogP contribution in [-0.4, -0.2) is 73.4 Å². The van der Waals surface area contributed by atoms with Crippen LogP contribution in [0.5, 0.6) is 0 Å². The van der Waals surface area contributed by atoms with E-state index in [0.717, 1.165) is 0 Å². The maximum atomic E-state index is 12.7. The number of nitrogens with one attached hydrogen (secondary N) is 5. The zero-order chi connectivity index (χ0) is 22.1. The number of nitrogens with two attached hydrogens (primary N) is 1. The number of nitrogens with zero attached hydrogens (tertiary/aromatic N) is 2. The number of hydrogen-bond donors (Lipinski definition) is 7. The summed E-state index contributed by atoms with van der Waals surface area (Å²) in [5.41, 5.74) is 7.16. The molecule has 2 aromatic heterocycles. The third kappa shape index (κ3) is 7.01. The van der Waals surface area contributed by atoms with Crippen molar-refractivity contribution in [1.82, 2.24) is 35.9 Å². The first-order valence-electron chi connectivity index (χ1n) is 9.06. The van der Waals surface area contributed by atoms with Gasteiger partial charge in [-0.2, -0.15) is 0 Å². The highest BCUT2D eigenvalue weighted by molar-refractivity contribution is 5.93. The average molecular weight is 420 g/mol. The smallest absolute Gasteiger partial charge is 0.322 e. The van der Waals surface area contributed by atoms with Crippen molar-refractivity contribution >= 4 is 23.7 Å². The van der Waals surface area contributed by atoms with Crippen molar-refractivity contribution in [3.05, 3.63) is 36.4 Å². The van der Waals surface area contributed by atoms with E-state index in [0.29, 0.717) is 11.4 Å². The van der Waals surface area contributed by atoms with Gasteiger partial charge in [-0.1, -0.05) is 0 Å². The Balaban J connectivity index is 2.00. The van der Waals surface area contributed by atoms with Crippen LogP contribution in [-0.2, 0) is 32.0 Å². The number of amides is 3. The number of carboxylic acid groups (broad SMARTS) is 1. The summed E-state index contributed by atoms with van der Waals surface area (Å²) < 4.78 is 0. The summed E-state index contributed by atoms with van der Waals surface area (Å²) >= 11 is 0. The summed E-state index contributed by atoms with van der Waals surface area (Å²) in [6.45, 7) is 0.823. The van der Waals surface area contributed by atoms with Gasteiger partial charge in [0.15, 0.2) is 0 Å². The molecule has 0 aliphatic carbocycles. The Morgan fingerprint density at radius 1 is 1.00 bits per heavy atom. The molecule has 0 spiro atoms. The average Bonchev–Trinajstić information content (AvgIpc) is 3.39. The first kappa shape index (κ1) is 22.5. The molecule has 13 nitrogen and oxygen atoms in total. The monoisotopic (exact) mass is 420 g/mol. The molecule has 0 saturated heterocycles. The number of aromatic amines is 2. The van der Waals surface area contributed by atoms with Gasteiger partial charge in [0.25, 0.3) is 0 Å². The number of H-pyrrole nitrogens is 2. The summed E-state index contributed by atoms with van der Waals surface area (Å²) in [5.74, 6) is -3.08. The van der Waals surface area contributed by atoms with Crippen molar-refractivity contribution in [1.29, 1.82) is 0 Å². The van der Waals surface area contributed by atoms with Crippen LogP contribution >= 0.6 is 0 Å². The largest absolute Gasteiger partial charge is 0.480 e. The summed E-state index contributed by atoms with van der Waals surface area (Å²) in [4.78, 5) is 61.1. The molecule has 0 radical (unpaired) electrons. The Bertz CT molecular complexity index is 852. The number of carbonyl (C=O) groups excluding carboxylic acids is 3. The van der Waals surface area contributed by atoms with Crippen molar-refractivity contribution in [3.8, 4) is 0 Å². The molecular weight excluding hydrogens is 396 g/mol. The molecule has 0 saturated carbocycles. The van der Waals surface area contributed by atoms with Gasteiger partial charge in [0, 0.05) is 36.6 Å². The Labute approximate surface area is 171 Å². The van der Waals surface area contributed by atoms with Crippen LogP contribution in [0.4, 0.5) is 0 Å². The van der Waals surface area contributed by atoms with Gasteiger partial charge in [-0.25, -0.2) is 9.97 Å². The SMILES string of the molecule is CC(NC(=O)C(Cc1cnc[nH]1)NC(=O)C(N)Cc1cnc[nH]1)C(=O)NCC(=O)O. The second-order valence-electron chi connectivity index (χ2n) is 6.57. The lowest BCUT2D eigenvalue weighted by Crippen LogP contribution is -2.56. The van der Waals surface area contributed by atoms with Gasteiger partial charge in [-0.3, -0.25) is 19.2 Å². The number of aliphatic carboxylic acids is 1. The fourth-order valence-corrected chi connectivity index (χ4v) is 2.53. The van der Waals surface area contributed by atoms with Gasteiger partial charge in [0.1, 0.15) is 18.6 Å². The standard InChI is InChI=1S/C17H24N8O5/c1-9(15(28)21-6-14(26)27)24-17(30)13(3-11-5-20-8-23-11)25-16(29)12(18)2-10-4-19-7-22-10/h4-5,7-9,12-13H,2-3,6,18H2,1H3,(H,19,22)(H,20,23)(H,21,28)(H,24,30)(H,25,29)(H,26,27). The molecule has 3 atom stereocenters. The Hall–Kier alpha value is -3.74. The molecule has 0 fully saturated rings. The minimum Gasteiger partial charge on any atom is -0.480 e. The summed E-state index contributed by atoms with van der Waals surface area (Å²) in [7, 11) is 0. The fraction of sp³-hybridized carbons (Fsp3) is 0.412. The first-order valence-corrected chi connectivity index (χ1v) is 9.06. The zero-order valence-electron chi connectivity index (χ0n) is 16.2. The predicted molar refractivity (Wildman–Crippen MR) is 103 cm³/mol. The molecule has 2 heterocycles. The highest BCUT2D eigenvalue weighted by Gasteiger charge is 2.27. The number of aromatic nitrogens is 4. The second-order valence-corrected chi connectivity index (χ2v) is 6.57. The van der Waals surface area contributed by atoms with Crippen LogP contribution in [0.1, 0.15) is 18.3 Å². The van der Waals surface area contributed by atoms with Crippen molar-refractivity contribution in [2.75, 3.05) is 6.54 Å². The van der Waals surface area contributed by atoms with E-state index in [-0.39, 0.29) is 12.8 Å². The van der Waals surface area contributed by atoms with E-state index < -0.39 is 48.4 Å². The van der Waals surface area contributed by atoms with Crippen LogP contribution in [0.25, 0.3) is 0 Å². The second kappa shape index (κ2) is 10.7. The van der Waals surface area contributed by atoms with Crippen molar-refractivity contribution in [3.63, 3.8) is 0 Å². The molecule has 0 aromatic carbocycles. The summed E-state index contributed by atoms with van der Waals surface area (Å²) in [6, 6.07) is -2.99. The van der Waals surface area contributed by atoms with Crippen LogP contribution in [0.3, 0.4) is 0 Å². The normalized spacial score (nSPS) is 13.7. The van der Waals surface area contributed by atoms with Crippen LogP contribution in [0, 0.1) is 0 Å². The van der Waals surface area contributed by atoms with Gasteiger partial charge < -0.3 is 36.8 Å². The van der Waals surface area contributed by atoms with Crippen molar-refractivity contribution in [2.24, 2.45) is 5.73 Å². The fourth-order valence-electron chi connectivity index (χ4n) is 2.53.